The molecule has 0 spiro atoms. The first-order valence-electron chi connectivity index (χ1n) is 8.48. The van der Waals surface area contributed by atoms with Crippen molar-refractivity contribution in [2.75, 3.05) is 12.9 Å². The number of carbonyl (C=O) groups is 3. The van der Waals surface area contributed by atoms with Gasteiger partial charge in [0.1, 0.15) is 0 Å². The number of hydrogen-bond donors (Lipinski definition) is 1. The van der Waals surface area contributed by atoms with Crippen molar-refractivity contribution in [3.05, 3.63) is 65.7 Å². The molecule has 0 saturated carbocycles. The van der Waals surface area contributed by atoms with Crippen LogP contribution in [0, 0.1) is 0 Å². The Hall–Kier alpha value is -3.00. The summed E-state index contributed by atoms with van der Waals surface area (Å²) in [6, 6.07) is 14.0. The summed E-state index contributed by atoms with van der Waals surface area (Å²) < 4.78 is 28.5. The first-order valence-corrected chi connectivity index (χ1v) is 10.4. The van der Waals surface area contributed by atoms with Gasteiger partial charge in [-0.25, -0.2) is 13.2 Å². The Kier molecular flexibility index (Phi) is 7.06. The zero-order chi connectivity index (χ0) is 20.7. The molecule has 0 aliphatic rings. The molecule has 0 aliphatic heterocycles. The second-order valence-corrected chi connectivity index (χ2v) is 8.25. The van der Waals surface area contributed by atoms with E-state index in [-0.39, 0.29) is 16.2 Å². The number of Topliss-reactive ketones (excluding diaryl/α,β-unsaturated/α-hetero) is 1. The standard InChI is InChI=1S/C20H21NO6S/c1-14(22)17(12-15-8-4-3-5-9-15)21-19(23)13-27-20(24)16-10-6-7-11-18(16)28(2,25)26/h3-11,17H,12-13H2,1-2H3,(H,21,23)/t17-/m0/s1. The molecule has 8 heteroatoms. The molecule has 0 radical (unpaired) electrons. The van der Waals surface area contributed by atoms with Crippen molar-refractivity contribution in [2.24, 2.45) is 0 Å². The molecule has 1 atom stereocenters. The van der Waals surface area contributed by atoms with E-state index in [1.54, 1.807) is 0 Å². The molecular weight excluding hydrogens is 382 g/mol. The van der Waals surface area contributed by atoms with Crippen molar-refractivity contribution in [1.82, 2.24) is 5.32 Å². The highest BCUT2D eigenvalue weighted by atomic mass is 32.2. The van der Waals surface area contributed by atoms with E-state index in [2.05, 4.69) is 5.32 Å². The van der Waals surface area contributed by atoms with Crippen molar-refractivity contribution in [3.8, 4) is 0 Å². The number of hydrogen-bond acceptors (Lipinski definition) is 6. The highest BCUT2D eigenvalue weighted by Crippen LogP contribution is 2.16. The van der Waals surface area contributed by atoms with Gasteiger partial charge in [-0.1, -0.05) is 42.5 Å². The minimum atomic E-state index is -3.63. The van der Waals surface area contributed by atoms with Gasteiger partial charge < -0.3 is 10.1 Å². The smallest absolute Gasteiger partial charge is 0.339 e. The summed E-state index contributed by atoms with van der Waals surface area (Å²) in [6.45, 7) is 0.734. The van der Waals surface area contributed by atoms with Crippen LogP contribution in [-0.2, 0) is 30.6 Å². The summed E-state index contributed by atoms with van der Waals surface area (Å²) in [5.41, 5.74) is 0.729. The third-order valence-corrected chi connectivity index (χ3v) is 5.10. The van der Waals surface area contributed by atoms with E-state index in [4.69, 9.17) is 4.74 Å². The van der Waals surface area contributed by atoms with Crippen LogP contribution >= 0.6 is 0 Å². The Labute approximate surface area is 163 Å². The van der Waals surface area contributed by atoms with Crippen LogP contribution in [0.25, 0.3) is 0 Å². The molecule has 0 saturated heterocycles. The highest BCUT2D eigenvalue weighted by Gasteiger charge is 2.22. The highest BCUT2D eigenvalue weighted by molar-refractivity contribution is 7.90. The van der Waals surface area contributed by atoms with Crippen molar-refractivity contribution < 1.29 is 27.5 Å². The SMILES string of the molecule is CC(=O)[C@H](Cc1ccccc1)NC(=O)COC(=O)c1ccccc1S(C)(=O)=O. The van der Waals surface area contributed by atoms with Gasteiger partial charge in [-0.15, -0.1) is 0 Å². The molecule has 0 bridgehead atoms. The third-order valence-electron chi connectivity index (χ3n) is 3.95. The summed E-state index contributed by atoms with van der Waals surface area (Å²) in [6.07, 6.45) is 1.29. The van der Waals surface area contributed by atoms with Crippen molar-refractivity contribution >= 4 is 27.5 Å². The van der Waals surface area contributed by atoms with Gasteiger partial charge >= 0.3 is 5.97 Å². The van der Waals surface area contributed by atoms with Gasteiger partial charge in [0.15, 0.2) is 22.2 Å². The van der Waals surface area contributed by atoms with E-state index in [0.29, 0.717) is 6.42 Å². The Morgan fingerprint density at radius 3 is 2.21 bits per heavy atom. The molecule has 1 N–H and O–H groups in total. The number of rotatable bonds is 8. The second-order valence-electron chi connectivity index (χ2n) is 6.26. The maximum atomic E-state index is 12.2. The molecule has 0 fully saturated rings. The topological polar surface area (TPSA) is 107 Å². The van der Waals surface area contributed by atoms with Crippen LogP contribution in [0.4, 0.5) is 0 Å². The Bertz CT molecular complexity index is 969. The number of nitrogens with one attached hydrogen (secondary N) is 1. The van der Waals surface area contributed by atoms with Gasteiger partial charge in [0.2, 0.25) is 0 Å². The minimum Gasteiger partial charge on any atom is -0.452 e. The molecule has 0 heterocycles. The number of amides is 1. The normalized spacial score (nSPS) is 12.1. The number of ketones is 1. The quantitative estimate of drug-likeness (QED) is 0.671. The van der Waals surface area contributed by atoms with Crippen LogP contribution in [-0.4, -0.2) is 45.0 Å². The van der Waals surface area contributed by atoms with Crippen LogP contribution in [0.5, 0.6) is 0 Å². The first-order chi connectivity index (χ1) is 13.2. The van der Waals surface area contributed by atoms with Gasteiger partial charge in [-0.05, 0) is 31.0 Å². The number of esters is 1. The van der Waals surface area contributed by atoms with Gasteiger partial charge in [0.05, 0.1) is 16.5 Å². The Morgan fingerprint density at radius 2 is 1.61 bits per heavy atom. The zero-order valence-electron chi connectivity index (χ0n) is 15.5. The fourth-order valence-corrected chi connectivity index (χ4v) is 3.43. The summed E-state index contributed by atoms with van der Waals surface area (Å²) in [5.74, 6) is -1.81. The van der Waals surface area contributed by atoms with E-state index in [1.807, 2.05) is 30.3 Å². The molecule has 0 aromatic heterocycles. The average molecular weight is 403 g/mol. The zero-order valence-corrected chi connectivity index (χ0v) is 16.4. The fourth-order valence-electron chi connectivity index (χ4n) is 2.55. The number of sulfone groups is 1. The Balaban J connectivity index is 1.99. The summed E-state index contributed by atoms with van der Waals surface area (Å²) in [7, 11) is -3.63. The van der Waals surface area contributed by atoms with Gasteiger partial charge in [-0.3, -0.25) is 9.59 Å². The first kappa shape index (κ1) is 21.3. The van der Waals surface area contributed by atoms with Crippen molar-refractivity contribution in [3.63, 3.8) is 0 Å². The minimum absolute atomic E-state index is 0.148. The Morgan fingerprint density at radius 1 is 1.00 bits per heavy atom. The van der Waals surface area contributed by atoms with Crippen LogP contribution in [0.15, 0.2) is 59.5 Å². The van der Waals surface area contributed by atoms with E-state index in [0.717, 1.165) is 11.8 Å². The predicted octanol–water partition coefficient (Wildman–Crippen LogP) is 1.56. The average Bonchev–Trinajstić information content (AvgIpc) is 2.65. The van der Waals surface area contributed by atoms with Crippen LogP contribution < -0.4 is 5.32 Å². The van der Waals surface area contributed by atoms with E-state index >= 15 is 0 Å². The van der Waals surface area contributed by atoms with E-state index in [1.165, 1.54) is 31.2 Å². The molecule has 0 unspecified atom stereocenters. The van der Waals surface area contributed by atoms with Crippen molar-refractivity contribution in [1.29, 1.82) is 0 Å². The van der Waals surface area contributed by atoms with E-state index in [9.17, 15) is 22.8 Å². The van der Waals surface area contributed by atoms with Crippen molar-refractivity contribution in [2.45, 2.75) is 24.3 Å². The number of ether oxygens (including phenoxy) is 1. The summed E-state index contributed by atoms with van der Waals surface area (Å²) in [4.78, 5) is 35.9. The molecule has 0 aliphatic carbocycles. The van der Waals surface area contributed by atoms with Gasteiger partial charge in [-0.2, -0.15) is 0 Å². The molecule has 1 amide bonds. The lowest BCUT2D eigenvalue weighted by Gasteiger charge is -2.16. The number of benzene rings is 2. The lowest BCUT2D eigenvalue weighted by molar-refractivity contribution is -0.128. The molecule has 148 valence electrons. The maximum absolute atomic E-state index is 12.2. The van der Waals surface area contributed by atoms with Crippen LogP contribution in [0.3, 0.4) is 0 Å². The lowest BCUT2D eigenvalue weighted by atomic mass is 10.0. The van der Waals surface area contributed by atoms with Gasteiger partial charge in [0, 0.05) is 6.26 Å². The lowest BCUT2D eigenvalue weighted by Crippen LogP contribution is -2.43. The largest absolute Gasteiger partial charge is 0.452 e. The summed E-state index contributed by atoms with van der Waals surface area (Å²) in [5, 5.41) is 2.53. The molecule has 2 rings (SSSR count). The molecule has 2 aromatic rings. The maximum Gasteiger partial charge on any atom is 0.339 e. The molecular formula is C20H21NO6S. The summed E-state index contributed by atoms with van der Waals surface area (Å²) >= 11 is 0. The third kappa shape index (κ3) is 6.02. The molecule has 28 heavy (non-hydrogen) atoms. The fraction of sp³-hybridized carbons (Fsp3) is 0.250. The van der Waals surface area contributed by atoms with Crippen LogP contribution in [0.2, 0.25) is 0 Å². The molecule has 2 aromatic carbocycles. The van der Waals surface area contributed by atoms with E-state index < -0.39 is 34.4 Å². The monoisotopic (exact) mass is 403 g/mol. The van der Waals surface area contributed by atoms with Gasteiger partial charge in [0.25, 0.3) is 5.91 Å². The van der Waals surface area contributed by atoms with Crippen LogP contribution in [0.1, 0.15) is 22.8 Å². The second kappa shape index (κ2) is 9.27. The molecule has 7 nitrogen and oxygen atoms in total. The predicted molar refractivity (Wildman–Crippen MR) is 103 cm³/mol. The number of carbonyl (C=O) groups excluding carboxylic acids is 3.